The van der Waals surface area contributed by atoms with E-state index in [4.69, 9.17) is 0 Å². The number of benzene rings is 4. The number of aromatic nitrogens is 1. The van der Waals surface area contributed by atoms with E-state index < -0.39 is 0 Å². The van der Waals surface area contributed by atoms with Crippen LogP contribution in [-0.4, -0.2) is 16.5 Å². The minimum Gasteiger partial charge on any atom is -0.355 e. The van der Waals surface area contributed by atoms with E-state index in [1.807, 2.05) is 11.3 Å². The van der Waals surface area contributed by atoms with Gasteiger partial charge in [0, 0.05) is 61.2 Å². The van der Waals surface area contributed by atoms with Crippen LogP contribution in [0.15, 0.2) is 133 Å². The highest BCUT2D eigenvalue weighted by molar-refractivity contribution is 7.26. The summed E-state index contributed by atoms with van der Waals surface area (Å²) in [4.78, 5) is 2.43. The summed E-state index contributed by atoms with van der Waals surface area (Å²) in [6, 6.07) is 33.8. The molecule has 4 aromatic carbocycles. The quantitative estimate of drug-likeness (QED) is 0.209. The maximum absolute atomic E-state index is 4.02. The first-order valence-electron chi connectivity index (χ1n) is 16.9. The topological polar surface area (TPSA) is 20.2 Å². The molecule has 4 heteroatoms. The summed E-state index contributed by atoms with van der Waals surface area (Å²) in [5.41, 5.74) is 10.5. The molecule has 0 saturated carbocycles. The Labute approximate surface area is 280 Å². The molecule has 4 atom stereocenters. The van der Waals surface area contributed by atoms with Crippen molar-refractivity contribution in [3.63, 3.8) is 0 Å². The Hall–Kier alpha value is -4.64. The lowest BCUT2D eigenvalue weighted by atomic mass is 9.92. The van der Waals surface area contributed by atoms with Gasteiger partial charge in [-0.15, -0.1) is 11.3 Å². The Kier molecular flexibility index (Phi) is 6.84. The fraction of sp³-hybridized carbons (Fsp3) is 0.209. The first-order chi connectivity index (χ1) is 23.0. The van der Waals surface area contributed by atoms with Crippen LogP contribution in [0.3, 0.4) is 0 Å². The van der Waals surface area contributed by atoms with Gasteiger partial charge < -0.3 is 9.47 Å². The Bertz CT molecular complexity index is 2300. The van der Waals surface area contributed by atoms with Crippen LogP contribution >= 0.6 is 11.3 Å². The lowest BCUT2D eigenvalue weighted by Crippen LogP contribution is -2.41. The van der Waals surface area contributed by atoms with Crippen molar-refractivity contribution in [1.29, 1.82) is 0 Å². The SMILES string of the molecule is CC1C=C(C2=CC(c3ccccc3)NC(c3cccc(-n4c5c(c6c7sc8ccccc8c7ccc64)C=CCC5C)c3)N2C)C=CC1. The van der Waals surface area contributed by atoms with Gasteiger partial charge in [0.05, 0.1) is 11.6 Å². The number of hydrogen-bond donors (Lipinski definition) is 1. The summed E-state index contributed by atoms with van der Waals surface area (Å²) < 4.78 is 5.31. The average Bonchev–Trinajstić information content (AvgIpc) is 3.65. The van der Waals surface area contributed by atoms with E-state index in [1.54, 1.807) is 0 Å². The molecule has 9 rings (SSSR count). The Morgan fingerprint density at radius 3 is 2.45 bits per heavy atom. The molecule has 0 fully saturated rings. The summed E-state index contributed by atoms with van der Waals surface area (Å²) in [7, 11) is 2.24. The molecule has 0 spiro atoms. The summed E-state index contributed by atoms with van der Waals surface area (Å²) in [6.07, 6.45) is 16.4. The Balaban J connectivity index is 1.21. The van der Waals surface area contributed by atoms with Crippen molar-refractivity contribution in [2.75, 3.05) is 7.05 Å². The van der Waals surface area contributed by atoms with Crippen molar-refractivity contribution < 1.29 is 0 Å². The van der Waals surface area contributed by atoms with Crippen molar-refractivity contribution in [2.45, 2.75) is 44.8 Å². The van der Waals surface area contributed by atoms with Gasteiger partial charge in [0.2, 0.25) is 0 Å². The first-order valence-corrected chi connectivity index (χ1v) is 17.8. The van der Waals surface area contributed by atoms with E-state index in [9.17, 15) is 0 Å². The summed E-state index contributed by atoms with van der Waals surface area (Å²) in [5, 5.41) is 8.12. The number of thiophene rings is 1. The highest BCUT2D eigenvalue weighted by Crippen LogP contribution is 2.46. The van der Waals surface area contributed by atoms with Gasteiger partial charge in [0.1, 0.15) is 6.17 Å². The number of nitrogens with one attached hydrogen (secondary N) is 1. The Morgan fingerprint density at radius 2 is 1.57 bits per heavy atom. The maximum atomic E-state index is 4.02. The van der Waals surface area contributed by atoms with Crippen LogP contribution in [-0.2, 0) is 0 Å². The zero-order chi connectivity index (χ0) is 31.6. The van der Waals surface area contributed by atoms with Crippen LogP contribution in [0.1, 0.15) is 67.2 Å². The van der Waals surface area contributed by atoms with Crippen LogP contribution in [0.25, 0.3) is 42.8 Å². The minimum absolute atomic E-state index is 0.0102. The van der Waals surface area contributed by atoms with E-state index >= 15 is 0 Å². The molecule has 2 aromatic heterocycles. The van der Waals surface area contributed by atoms with Gasteiger partial charge in [-0.25, -0.2) is 0 Å². The van der Waals surface area contributed by atoms with Gasteiger partial charge >= 0.3 is 0 Å². The van der Waals surface area contributed by atoms with Gasteiger partial charge in [0.25, 0.3) is 0 Å². The molecule has 3 heterocycles. The molecule has 0 amide bonds. The summed E-state index contributed by atoms with van der Waals surface area (Å²) >= 11 is 1.93. The van der Waals surface area contributed by atoms with E-state index in [0.29, 0.717) is 11.8 Å². The molecule has 3 nitrogen and oxygen atoms in total. The zero-order valence-electron chi connectivity index (χ0n) is 27.2. The summed E-state index contributed by atoms with van der Waals surface area (Å²) in [5.74, 6) is 0.961. The molecule has 3 aliphatic rings. The lowest BCUT2D eigenvalue weighted by Gasteiger charge is -2.41. The second kappa shape index (κ2) is 11.3. The third-order valence-electron chi connectivity index (χ3n) is 10.4. The fourth-order valence-electron chi connectivity index (χ4n) is 8.10. The van der Waals surface area contributed by atoms with Crippen molar-refractivity contribution in [1.82, 2.24) is 14.8 Å². The van der Waals surface area contributed by atoms with Gasteiger partial charge in [-0.05, 0) is 65.8 Å². The number of allylic oxidation sites excluding steroid dienone is 4. The minimum atomic E-state index is 0.0102. The standard InChI is InChI=1S/C43H39N3S/c1-27-12-9-16-30(24-27)38-26-36(29-14-5-4-6-15-29)44-43(45(38)3)31-17-11-18-32(25-31)46-37-23-22-34-33-19-7-8-21-39(33)47-42(34)40(37)35-20-10-13-28(2)41(35)46/h4-11,14-28,36,43-44H,12-13H2,1-3H3. The number of hydrogen-bond acceptors (Lipinski definition) is 3. The van der Waals surface area contributed by atoms with Crippen LogP contribution < -0.4 is 5.32 Å². The number of fused-ring (bicyclic) bond motifs is 7. The van der Waals surface area contributed by atoms with Gasteiger partial charge in [-0.2, -0.15) is 0 Å². The monoisotopic (exact) mass is 629 g/mol. The van der Waals surface area contributed by atoms with Crippen LogP contribution in [0.5, 0.6) is 0 Å². The molecule has 0 bridgehead atoms. The molecule has 2 aliphatic carbocycles. The van der Waals surface area contributed by atoms with E-state index in [1.165, 1.54) is 70.4 Å². The first kappa shape index (κ1) is 28.6. The second-order valence-electron chi connectivity index (χ2n) is 13.6. The third-order valence-corrected chi connectivity index (χ3v) is 11.6. The lowest BCUT2D eigenvalue weighted by molar-refractivity contribution is 0.228. The average molecular weight is 630 g/mol. The third kappa shape index (κ3) is 4.65. The van der Waals surface area contributed by atoms with E-state index in [0.717, 1.165) is 12.8 Å². The number of nitrogens with zero attached hydrogens (tertiary/aromatic N) is 2. The normalized spacial score (nSPS) is 22.6. The van der Waals surface area contributed by atoms with Crippen molar-refractivity contribution in [3.8, 4) is 5.69 Å². The smallest absolute Gasteiger partial charge is 0.106 e. The van der Waals surface area contributed by atoms with Crippen LogP contribution in [0.4, 0.5) is 0 Å². The molecule has 1 aliphatic heterocycles. The number of rotatable bonds is 4. The van der Waals surface area contributed by atoms with E-state index in [-0.39, 0.29) is 12.2 Å². The van der Waals surface area contributed by atoms with Crippen molar-refractivity contribution >= 4 is 48.5 Å². The van der Waals surface area contributed by atoms with Gasteiger partial charge in [0.15, 0.2) is 0 Å². The highest BCUT2D eigenvalue weighted by atomic mass is 32.1. The second-order valence-corrected chi connectivity index (χ2v) is 14.6. The molecular formula is C43H39N3S. The summed E-state index contributed by atoms with van der Waals surface area (Å²) in [6.45, 7) is 4.69. The molecule has 1 N–H and O–H groups in total. The van der Waals surface area contributed by atoms with E-state index in [2.05, 4.69) is 163 Å². The predicted molar refractivity (Wildman–Crippen MR) is 200 cm³/mol. The van der Waals surface area contributed by atoms with Crippen LogP contribution in [0.2, 0.25) is 0 Å². The largest absolute Gasteiger partial charge is 0.355 e. The van der Waals surface area contributed by atoms with Gasteiger partial charge in [-0.1, -0.05) is 111 Å². The molecule has 6 aromatic rings. The molecule has 0 radical (unpaired) electrons. The van der Waals surface area contributed by atoms with Crippen molar-refractivity contribution in [3.05, 3.63) is 155 Å². The maximum Gasteiger partial charge on any atom is 0.106 e. The van der Waals surface area contributed by atoms with Crippen LogP contribution in [0, 0.1) is 5.92 Å². The highest BCUT2D eigenvalue weighted by Gasteiger charge is 2.31. The van der Waals surface area contributed by atoms with Gasteiger partial charge in [-0.3, -0.25) is 5.32 Å². The molecular weight excluding hydrogens is 591 g/mol. The molecule has 4 unspecified atom stereocenters. The molecule has 232 valence electrons. The predicted octanol–water partition coefficient (Wildman–Crippen LogP) is 11.2. The van der Waals surface area contributed by atoms with Crippen molar-refractivity contribution in [2.24, 2.45) is 5.92 Å². The molecule has 47 heavy (non-hydrogen) atoms. The number of likely N-dealkylation sites (N-methyl/N-ethyl adjacent to an activating group) is 1. The Morgan fingerprint density at radius 1 is 0.766 bits per heavy atom. The fourth-order valence-corrected chi connectivity index (χ4v) is 9.36. The zero-order valence-corrected chi connectivity index (χ0v) is 28.0. The molecule has 0 saturated heterocycles.